The van der Waals surface area contributed by atoms with Gasteiger partial charge in [0.05, 0.1) is 6.10 Å². The molecule has 0 aromatic carbocycles. The maximum absolute atomic E-state index is 5.28. The zero-order valence-electron chi connectivity index (χ0n) is 4.79. The maximum atomic E-state index is 5.28. The summed E-state index contributed by atoms with van der Waals surface area (Å²) < 4.78 is 15.6. The summed E-state index contributed by atoms with van der Waals surface area (Å²) in [7, 11) is 0. The van der Waals surface area contributed by atoms with Gasteiger partial charge in [-0.15, -0.1) is 6.82 Å². The van der Waals surface area contributed by atoms with Crippen molar-refractivity contribution in [2.45, 2.75) is 12.9 Å². The maximum Gasteiger partial charge on any atom is 0.376 e. The lowest BCUT2D eigenvalue weighted by molar-refractivity contribution is 0.151. The molecule has 0 radical (unpaired) electrons. The molecular weight excluding hydrogens is 107 g/mol. The zero-order valence-corrected chi connectivity index (χ0v) is 4.79. The SMILES string of the molecule is C[B-]12OCC(CO1)O2. The van der Waals surface area contributed by atoms with E-state index >= 15 is 0 Å². The molecule has 0 spiro atoms. The molecule has 0 aromatic heterocycles. The van der Waals surface area contributed by atoms with Crippen LogP contribution in [-0.4, -0.2) is 26.1 Å². The van der Waals surface area contributed by atoms with E-state index in [0.717, 1.165) is 13.2 Å². The summed E-state index contributed by atoms with van der Waals surface area (Å²) >= 11 is 0. The van der Waals surface area contributed by atoms with Gasteiger partial charge in [-0.25, -0.2) is 0 Å². The molecule has 0 N–H and O–H groups in total. The van der Waals surface area contributed by atoms with Crippen LogP contribution in [0.4, 0.5) is 0 Å². The third-order valence-corrected chi connectivity index (χ3v) is 1.61. The molecule has 2 saturated heterocycles. The van der Waals surface area contributed by atoms with Crippen molar-refractivity contribution in [3.63, 3.8) is 0 Å². The Balaban J connectivity index is 2.19. The molecule has 2 rings (SSSR count). The van der Waals surface area contributed by atoms with Gasteiger partial charge in [0.15, 0.2) is 0 Å². The summed E-state index contributed by atoms with van der Waals surface area (Å²) in [5, 5.41) is 0. The molecule has 3 nitrogen and oxygen atoms in total. The van der Waals surface area contributed by atoms with Crippen LogP contribution in [0.3, 0.4) is 0 Å². The van der Waals surface area contributed by atoms with E-state index in [1.54, 1.807) is 0 Å². The van der Waals surface area contributed by atoms with Crippen molar-refractivity contribution in [3.05, 3.63) is 0 Å². The third kappa shape index (κ3) is 0.506. The number of hydrogen-bond donors (Lipinski definition) is 0. The van der Waals surface area contributed by atoms with Gasteiger partial charge < -0.3 is 14.0 Å². The fourth-order valence-electron chi connectivity index (χ4n) is 1.17. The van der Waals surface area contributed by atoms with Gasteiger partial charge in [0, 0.05) is 13.2 Å². The van der Waals surface area contributed by atoms with Crippen molar-refractivity contribution in [1.29, 1.82) is 0 Å². The smallest absolute Gasteiger partial charge is 0.376 e. The second-order valence-corrected chi connectivity index (χ2v) is 2.42. The van der Waals surface area contributed by atoms with Crippen molar-refractivity contribution >= 4 is 6.75 Å². The van der Waals surface area contributed by atoms with Crippen LogP contribution in [0.25, 0.3) is 0 Å². The molecule has 2 bridgehead atoms. The quantitative estimate of drug-likeness (QED) is 0.416. The van der Waals surface area contributed by atoms with Crippen molar-refractivity contribution in [1.82, 2.24) is 0 Å². The molecule has 0 aliphatic carbocycles. The van der Waals surface area contributed by atoms with E-state index in [0.29, 0.717) is 0 Å². The summed E-state index contributed by atoms with van der Waals surface area (Å²) in [5.74, 6) is 0. The Bertz CT molecular complexity index is 108. The van der Waals surface area contributed by atoms with E-state index in [-0.39, 0.29) is 6.10 Å². The van der Waals surface area contributed by atoms with Gasteiger partial charge in [0.25, 0.3) is 0 Å². The standard InChI is InChI=1S/C4H8BO3/c1-5-6-2-4(8-5)3-7-5/h4H,2-3H2,1H3/q-1. The van der Waals surface area contributed by atoms with Gasteiger partial charge in [0.2, 0.25) is 0 Å². The zero-order chi connectivity index (χ0) is 5.61. The Morgan fingerprint density at radius 2 is 2.00 bits per heavy atom. The molecule has 2 fully saturated rings. The van der Waals surface area contributed by atoms with Gasteiger partial charge in [0.1, 0.15) is 0 Å². The fourth-order valence-corrected chi connectivity index (χ4v) is 1.17. The minimum absolute atomic E-state index is 0.222. The summed E-state index contributed by atoms with van der Waals surface area (Å²) in [6, 6.07) is 0. The molecule has 8 heavy (non-hydrogen) atoms. The third-order valence-electron chi connectivity index (χ3n) is 1.61. The summed E-state index contributed by atoms with van der Waals surface area (Å²) in [5.41, 5.74) is 0. The van der Waals surface area contributed by atoms with Gasteiger partial charge in [-0.3, -0.25) is 0 Å². The van der Waals surface area contributed by atoms with E-state index < -0.39 is 6.75 Å². The minimum atomic E-state index is -1.27. The van der Waals surface area contributed by atoms with Crippen LogP contribution in [0.15, 0.2) is 0 Å². The highest BCUT2D eigenvalue weighted by molar-refractivity contribution is 6.60. The molecule has 2 heterocycles. The number of fused-ring (bicyclic) bond motifs is 2. The topological polar surface area (TPSA) is 27.7 Å². The Kier molecular flexibility index (Phi) is 0.756. The van der Waals surface area contributed by atoms with Crippen molar-refractivity contribution in [3.8, 4) is 0 Å². The highest BCUT2D eigenvalue weighted by atomic mass is 16.8. The normalized spacial score (nSPS) is 52.9. The predicted molar refractivity (Wildman–Crippen MR) is 28.4 cm³/mol. The van der Waals surface area contributed by atoms with E-state index in [4.69, 9.17) is 14.0 Å². The second-order valence-electron chi connectivity index (χ2n) is 2.42. The molecule has 4 heteroatoms. The number of hydrogen-bond acceptors (Lipinski definition) is 3. The summed E-state index contributed by atoms with van der Waals surface area (Å²) in [6.45, 7) is 2.02. The molecule has 2 aliphatic rings. The lowest BCUT2D eigenvalue weighted by Crippen LogP contribution is -2.34. The van der Waals surface area contributed by atoms with E-state index in [9.17, 15) is 0 Å². The second kappa shape index (κ2) is 1.26. The highest BCUT2D eigenvalue weighted by Crippen LogP contribution is 2.27. The first-order chi connectivity index (χ1) is 3.79. The number of rotatable bonds is 0. The summed E-state index contributed by atoms with van der Waals surface area (Å²) in [4.78, 5) is 0. The van der Waals surface area contributed by atoms with E-state index in [2.05, 4.69) is 0 Å². The van der Waals surface area contributed by atoms with Crippen molar-refractivity contribution in [2.24, 2.45) is 0 Å². The van der Waals surface area contributed by atoms with Gasteiger partial charge in [-0.2, -0.15) is 0 Å². The first-order valence-corrected chi connectivity index (χ1v) is 2.91. The van der Waals surface area contributed by atoms with Crippen LogP contribution in [0.5, 0.6) is 0 Å². The Morgan fingerprint density at radius 3 is 2.12 bits per heavy atom. The molecule has 0 unspecified atom stereocenters. The average Bonchev–Trinajstić information content (AvgIpc) is 2.21. The van der Waals surface area contributed by atoms with Crippen LogP contribution >= 0.6 is 0 Å². The Hall–Kier alpha value is -0.0551. The minimum Gasteiger partial charge on any atom is -0.543 e. The molecule has 2 aliphatic heterocycles. The monoisotopic (exact) mass is 115 g/mol. The van der Waals surface area contributed by atoms with Crippen molar-refractivity contribution in [2.75, 3.05) is 13.2 Å². The van der Waals surface area contributed by atoms with Crippen LogP contribution in [0, 0.1) is 0 Å². The van der Waals surface area contributed by atoms with Gasteiger partial charge in [-0.1, -0.05) is 0 Å². The Morgan fingerprint density at radius 1 is 1.38 bits per heavy atom. The van der Waals surface area contributed by atoms with Crippen LogP contribution < -0.4 is 0 Å². The van der Waals surface area contributed by atoms with E-state index in [1.165, 1.54) is 0 Å². The average molecular weight is 115 g/mol. The summed E-state index contributed by atoms with van der Waals surface area (Å²) in [6.07, 6.45) is 0.222. The molecule has 0 amide bonds. The Labute approximate surface area is 47.9 Å². The van der Waals surface area contributed by atoms with Crippen LogP contribution in [0.1, 0.15) is 0 Å². The molecule has 0 aromatic rings. The fraction of sp³-hybridized carbons (Fsp3) is 1.00. The van der Waals surface area contributed by atoms with Crippen LogP contribution in [0.2, 0.25) is 6.82 Å². The van der Waals surface area contributed by atoms with Crippen LogP contribution in [-0.2, 0) is 14.0 Å². The van der Waals surface area contributed by atoms with Crippen molar-refractivity contribution < 1.29 is 14.0 Å². The predicted octanol–water partition coefficient (Wildman–Crippen LogP) is 0.000700. The first-order valence-electron chi connectivity index (χ1n) is 2.91. The molecular formula is C4H8BO3-. The molecule has 46 valence electrons. The van der Waals surface area contributed by atoms with E-state index in [1.807, 2.05) is 6.82 Å². The van der Waals surface area contributed by atoms with Gasteiger partial charge >= 0.3 is 6.75 Å². The highest BCUT2D eigenvalue weighted by Gasteiger charge is 2.39. The first kappa shape index (κ1) is 4.79. The molecule has 0 atom stereocenters. The lowest BCUT2D eigenvalue weighted by atomic mass is 9.84. The molecule has 0 saturated carbocycles. The largest absolute Gasteiger partial charge is 0.543 e. The van der Waals surface area contributed by atoms with Gasteiger partial charge in [-0.05, 0) is 0 Å². The lowest BCUT2D eigenvalue weighted by Gasteiger charge is -2.26.